The number of nitrogens with zero attached hydrogens (tertiary/aromatic N) is 2. The highest BCUT2D eigenvalue weighted by atomic mass is 35.5. The van der Waals surface area contributed by atoms with Crippen LogP contribution in [0.1, 0.15) is 24.1 Å². The van der Waals surface area contributed by atoms with Crippen LogP contribution in [-0.4, -0.2) is 15.8 Å². The standard InChI is InChI=1S/C15H18ClN3S/c1-10-14(9-17-12-6-7-12)15(19(2)18-10)20-13-5-3-4-11(16)8-13/h3-5,8,12,17H,6-7,9H2,1-2H3. The van der Waals surface area contributed by atoms with Crippen molar-refractivity contribution in [3.63, 3.8) is 0 Å². The SMILES string of the molecule is Cc1nn(C)c(Sc2cccc(Cl)c2)c1CNC1CC1. The van der Waals surface area contributed by atoms with E-state index in [9.17, 15) is 0 Å². The number of halogens is 1. The fourth-order valence-corrected chi connectivity index (χ4v) is 3.51. The fraction of sp³-hybridized carbons (Fsp3) is 0.400. The number of hydrogen-bond donors (Lipinski definition) is 1. The lowest BCUT2D eigenvalue weighted by Crippen LogP contribution is -2.16. The van der Waals surface area contributed by atoms with Crippen LogP contribution in [0.3, 0.4) is 0 Å². The van der Waals surface area contributed by atoms with Crippen LogP contribution >= 0.6 is 23.4 Å². The number of benzene rings is 1. The molecule has 0 amide bonds. The van der Waals surface area contributed by atoms with Gasteiger partial charge in [-0.1, -0.05) is 29.4 Å². The van der Waals surface area contributed by atoms with Crippen molar-refractivity contribution in [2.75, 3.05) is 0 Å². The lowest BCUT2D eigenvalue weighted by molar-refractivity contribution is 0.658. The molecule has 0 radical (unpaired) electrons. The minimum atomic E-state index is 0.707. The minimum Gasteiger partial charge on any atom is -0.310 e. The zero-order valence-corrected chi connectivity index (χ0v) is 13.3. The lowest BCUT2D eigenvalue weighted by atomic mass is 10.2. The molecular weight excluding hydrogens is 290 g/mol. The van der Waals surface area contributed by atoms with Gasteiger partial charge in [-0.25, -0.2) is 0 Å². The number of aromatic nitrogens is 2. The van der Waals surface area contributed by atoms with Crippen LogP contribution in [0.2, 0.25) is 5.02 Å². The second kappa shape index (κ2) is 5.80. The van der Waals surface area contributed by atoms with E-state index in [2.05, 4.69) is 23.4 Å². The van der Waals surface area contributed by atoms with Gasteiger partial charge in [0.25, 0.3) is 0 Å². The topological polar surface area (TPSA) is 29.9 Å². The van der Waals surface area contributed by atoms with E-state index < -0.39 is 0 Å². The van der Waals surface area contributed by atoms with Crippen molar-refractivity contribution in [3.8, 4) is 0 Å². The smallest absolute Gasteiger partial charge is 0.103 e. The van der Waals surface area contributed by atoms with Gasteiger partial charge < -0.3 is 5.32 Å². The van der Waals surface area contributed by atoms with E-state index >= 15 is 0 Å². The maximum absolute atomic E-state index is 6.06. The Kier molecular flexibility index (Phi) is 4.06. The Morgan fingerprint density at radius 2 is 2.25 bits per heavy atom. The highest BCUT2D eigenvalue weighted by molar-refractivity contribution is 7.99. The molecule has 3 rings (SSSR count). The largest absolute Gasteiger partial charge is 0.310 e. The Labute approximate surface area is 128 Å². The summed E-state index contributed by atoms with van der Waals surface area (Å²) in [4.78, 5) is 1.15. The average Bonchev–Trinajstić information content (AvgIpc) is 3.17. The quantitative estimate of drug-likeness (QED) is 0.911. The van der Waals surface area contributed by atoms with E-state index in [4.69, 9.17) is 11.6 Å². The second-order valence-electron chi connectivity index (χ2n) is 5.21. The van der Waals surface area contributed by atoms with Crippen LogP contribution in [0, 0.1) is 6.92 Å². The first-order chi connectivity index (χ1) is 9.63. The summed E-state index contributed by atoms with van der Waals surface area (Å²) in [5.74, 6) is 0. The molecule has 1 aliphatic rings. The van der Waals surface area contributed by atoms with E-state index in [1.807, 2.05) is 29.9 Å². The molecule has 3 nitrogen and oxygen atoms in total. The molecule has 0 bridgehead atoms. The molecule has 0 atom stereocenters. The van der Waals surface area contributed by atoms with E-state index in [0.29, 0.717) is 6.04 Å². The van der Waals surface area contributed by atoms with Gasteiger partial charge >= 0.3 is 0 Å². The summed E-state index contributed by atoms with van der Waals surface area (Å²) >= 11 is 7.78. The Hall–Kier alpha value is -0.970. The van der Waals surface area contributed by atoms with Crippen molar-refractivity contribution in [1.82, 2.24) is 15.1 Å². The molecule has 2 aromatic rings. The summed E-state index contributed by atoms with van der Waals surface area (Å²) in [6, 6.07) is 8.66. The van der Waals surface area contributed by atoms with Gasteiger partial charge in [0, 0.05) is 35.1 Å². The molecule has 1 aliphatic carbocycles. The molecule has 1 heterocycles. The molecule has 0 saturated heterocycles. The third kappa shape index (κ3) is 3.19. The summed E-state index contributed by atoms with van der Waals surface area (Å²) < 4.78 is 1.96. The molecule has 1 N–H and O–H groups in total. The molecule has 1 aromatic carbocycles. The molecule has 5 heteroatoms. The molecule has 0 unspecified atom stereocenters. The summed E-state index contributed by atoms with van der Waals surface area (Å²) in [7, 11) is 2.00. The maximum Gasteiger partial charge on any atom is 0.103 e. The Bertz CT molecular complexity index is 620. The van der Waals surface area contributed by atoms with Crippen molar-refractivity contribution >= 4 is 23.4 Å². The van der Waals surface area contributed by atoms with Gasteiger partial charge in [-0.3, -0.25) is 4.68 Å². The first-order valence-corrected chi connectivity index (χ1v) is 8.02. The Morgan fingerprint density at radius 1 is 1.45 bits per heavy atom. The van der Waals surface area contributed by atoms with Crippen LogP contribution in [0.15, 0.2) is 34.2 Å². The van der Waals surface area contributed by atoms with E-state index in [1.54, 1.807) is 11.8 Å². The van der Waals surface area contributed by atoms with Gasteiger partial charge in [0.2, 0.25) is 0 Å². The van der Waals surface area contributed by atoms with E-state index in [1.165, 1.54) is 23.4 Å². The zero-order chi connectivity index (χ0) is 14.1. The fourth-order valence-electron chi connectivity index (χ4n) is 2.19. The average molecular weight is 308 g/mol. The molecule has 0 spiro atoms. The van der Waals surface area contributed by atoms with Crippen molar-refractivity contribution in [3.05, 3.63) is 40.5 Å². The molecule has 20 heavy (non-hydrogen) atoms. The summed E-state index contributed by atoms with van der Waals surface area (Å²) in [5, 5.41) is 10.1. The molecule has 1 fully saturated rings. The minimum absolute atomic E-state index is 0.707. The van der Waals surface area contributed by atoms with Crippen LogP contribution < -0.4 is 5.32 Å². The third-order valence-electron chi connectivity index (χ3n) is 3.44. The van der Waals surface area contributed by atoms with Gasteiger partial charge in [-0.15, -0.1) is 0 Å². The van der Waals surface area contributed by atoms with E-state index in [0.717, 1.165) is 22.2 Å². The molecular formula is C15H18ClN3S. The predicted octanol–water partition coefficient (Wildman–Crippen LogP) is 3.79. The number of nitrogens with one attached hydrogen (secondary N) is 1. The summed E-state index contributed by atoms with van der Waals surface area (Å²) in [5.41, 5.74) is 2.40. The number of hydrogen-bond acceptors (Lipinski definition) is 3. The highest BCUT2D eigenvalue weighted by Crippen LogP contribution is 2.33. The normalized spacial score (nSPS) is 14.8. The predicted molar refractivity (Wildman–Crippen MR) is 83.4 cm³/mol. The van der Waals surface area contributed by atoms with Crippen LogP contribution in [0.25, 0.3) is 0 Å². The van der Waals surface area contributed by atoms with Gasteiger partial charge in [0.15, 0.2) is 0 Å². The van der Waals surface area contributed by atoms with E-state index in [-0.39, 0.29) is 0 Å². The second-order valence-corrected chi connectivity index (χ2v) is 6.71. The molecule has 1 saturated carbocycles. The van der Waals surface area contributed by atoms with Gasteiger partial charge in [0.05, 0.1) is 5.69 Å². The van der Waals surface area contributed by atoms with Gasteiger partial charge in [-0.05, 0) is 38.0 Å². The van der Waals surface area contributed by atoms with Gasteiger partial charge in [-0.2, -0.15) is 5.10 Å². The monoisotopic (exact) mass is 307 g/mol. The first kappa shape index (κ1) is 14.0. The summed E-state index contributed by atoms with van der Waals surface area (Å²) in [6.07, 6.45) is 2.60. The Balaban J connectivity index is 1.83. The van der Waals surface area contributed by atoms with Crippen LogP contribution in [0.5, 0.6) is 0 Å². The van der Waals surface area contributed by atoms with Crippen LogP contribution in [-0.2, 0) is 13.6 Å². The zero-order valence-electron chi connectivity index (χ0n) is 11.7. The first-order valence-electron chi connectivity index (χ1n) is 6.83. The van der Waals surface area contributed by atoms with Crippen molar-refractivity contribution in [2.45, 2.75) is 42.3 Å². The van der Waals surface area contributed by atoms with Crippen molar-refractivity contribution in [2.24, 2.45) is 7.05 Å². The van der Waals surface area contributed by atoms with Crippen LogP contribution in [0.4, 0.5) is 0 Å². The lowest BCUT2D eigenvalue weighted by Gasteiger charge is -2.07. The molecule has 1 aromatic heterocycles. The number of aryl methyl sites for hydroxylation is 2. The Morgan fingerprint density at radius 3 is 2.95 bits per heavy atom. The molecule has 0 aliphatic heterocycles. The summed E-state index contributed by atoms with van der Waals surface area (Å²) in [6.45, 7) is 2.97. The van der Waals surface area contributed by atoms with Gasteiger partial charge in [0.1, 0.15) is 5.03 Å². The maximum atomic E-state index is 6.06. The van der Waals surface area contributed by atoms with Crippen molar-refractivity contribution in [1.29, 1.82) is 0 Å². The number of rotatable bonds is 5. The van der Waals surface area contributed by atoms with Crippen molar-refractivity contribution < 1.29 is 0 Å². The highest BCUT2D eigenvalue weighted by Gasteiger charge is 2.22. The third-order valence-corrected chi connectivity index (χ3v) is 4.87. The molecule has 106 valence electrons.